The summed E-state index contributed by atoms with van der Waals surface area (Å²) in [5.41, 5.74) is 32.2. The molecule has 24 N–H and O–H groups in total. The van der Waals surface area contributed by atoms with Crippen LogP contribution >= 0.6 is 33.3 Å². The number of benzene rings is 3. The van der Waals surface area contributed by atoms with Crippen molar-refractivity contribution in [3.63, 3.8) is 0 Å². The first-order chi connectivity index (χ1) is 54.5. The number of nitrogens with two attached hydrogens (primary N) is 5. The highest BCUT2D eigenvalue weighted by Gasteiger charge is 2.38. The first kappa shape index (κ1) is 92.8. The van der Waals surface area contributed by atoms with E-state index < -0.39 is 162 Å². The summed E-state index contributed by atoms with van der Waals surface area (Å²) in [4.78, 5) is 189. The maximum absolute atomic E-state index is 14.7. The molecule has 1 saturated heterocycles. The molecule has 5 aromatic rings. The number of aliphatic hydroxyl groups is 2. The lowest BCUT2D eigenvalue weighted by Gasteiger charge is -2.29. The summed E-state index contributed by atoms with van der Waals surface area (Å²) in [5.74, 6) is -11.1. The zero-order chi connectivity index (χ0) is 83.6. The van der Waals surface area contributed by atoms with Gasteiger partial charge in [0.25, 0.3) is 5.91 Å². The van der Waals surface area contributed by atoms with Gasteiger partial charge in [-0.05, 0) is 165 Å². The van der Waals surface area contributed by atoms with E-state index in [-0.39, 0.29) is 102 Å². The van der Waals surface area contributed by atoms with E-state index in [0.29, 0.717) is 43.2 Å². The molecule has 0 aliphatic carbocycles. The molecule has 39 heteroatoms. The van der Waals surface area contributed by atoms with Crippen LogP contribution in [0.2, 0.25) is 0 Å². The molecular weight excluding hydrogens is 1530 g/mol. The average Bonchev–Trinajstić information content (AvgIpc) is 1.62. The quantitative estimate of drug-likeness (QED) is 0.0199. The minimum Gasteiger partial charge on any atom is -0.447 e. The highest BCUT2D eigenvalue weighted by atomic mass is 33.1. The second-order valence-corrected chi connectivity index (χ2v) is 31.2. The number of ether oxygens (including phenoxy) is 1. The molecule has 12 amide bonds. The smallest absolute Gasteiger partial charge is 0.435 e. The van der Waals surface area contributed by atoms with Crippen LogP contribution in [0.25, 0.3) is 23.1 Å². The lowest BCUT2D eigenvalue weighted by molar-refractivity contribution is -0.137. The molecule has 0 bridgehead atoms. The van der Waals surface area contributed by atoms with E-state index in [1.54, 1.807) is 101 Å². The Morgan fingerprint density at radius 2 is 1.21 bits per heavy atom. The Balaban J connectivity index is 1.16. The van der Waals surface area contributed by atoms with Gasteiger partial charge in [0, 0.05) is 46.6 Å². The molecule has 36 nitrogen and oxygen atoms in total. The molecule has 3 aromatic carbocycles. The molecule has 1 fully saturated rings. The van der Waals surface area contributed by atoms with Crippen LogP contribution in [0.5, 0.6) is 0 Å². The molecule has 620 valence electrons. The van der Waals surface area contributed by atoms with Crippen LogP contribution in [0.1, 0.15) is 107 Å². The normalized spacial score (nSPS) is 20.0. The first-order valence-corrected chi connectivity index (χ1v) is 40.5. The van der Waals surface area contributed by atoms with Gasteiger partial charge in [-0.3, -0.25) is 62.5 Å². The highest BCUT2D eigenvalue weighted by Crippen LogP contribution is 2.34. The average molecular weight is 1640 g/mol. The second-order valence-electron chi connectivity index (χ2n) is 27.3. The summed E-state index contributed by atoms with van der Waals surface area (Å²) >= 11 is 1.32. The minimum absolute atomic E-state index is 0.0210. The van der Waals surface area contributed by atoms with E-state index in [9.17, 15) is 72.5 Å². The zero-order valence-corrected chi connectivity index (χ0v) is 66.8. The van der Waals surface area contributed by atoms with Crippen LogP contribution < -0.4 is 92.5 Å². The van der Waals surface area contributed by atoms with Gasteiger partial charge >= 0.3 is 6.09 Å². The highest BCUT2D eigenvalue weighted by molar-refractivity contribution is 8.77. The molecule has 114 heavy (non-hydrogen) atoms. The van der Waals surface area contributed by atoms with E-state index >= 15 is 0 Å². The molecule has 0 saturated carbocycles. The van der Waals surface area contributed by atoms with Gasteiger partial charge in [-0.25, -0.2) is 4.79 Å². The molecule has 1 aliphatic rings. The van der Waals surface area contributed by atoms with Crippen molar-refractivity contribution in [3.05, 3.63) is 120 Å². The summed E-state index contributed by atoms with van der Waals surface area (Å²) in [6.07, 6.45) is -0.691. The lowest BCUT2D eigenvalue weighted by Crippen LogP contribution is -2.62. The van der Waals surface area contributed by atoms with Gasteiger partial charge in [-0.1, -0.05) is 95.7 Å². The van der Waals surface area contributed by atoms with Crippen LogP contribution in [0, 0.1) is 5.92 Å². The number of carbonyl (C=O) groups is 13. The lowest BCUT2D eigenvalue weighted by atomic mass is 10.00. The molecular formula is C75H106N20O16S3. The third-order valence-electron chi connectivity index (χ3n) is 17.6. The fourth-order valence-electron chi connectivity index (χ4n) is 11.7. The van der Waals surface area contributed by atoms with Gasteiger partial charge in [-0.15, -0.1) is 0 Å². The molecule has 2 aromatic heterocycles. The van der Waals surface area contributed by atoms with Gasteiger partial charge in [0.1, 0.15) is 67.0 Å². The molecule has 0 radical (unpaired) electrons. The third-order valence-corrected chi connectivity index (χ3v) is 21.4. The maximum atomic E-state index is 14.7. The first-order valence-electron chi connectivity index (χ1n) is 37.3. The van der Waals surface area contributed by atoms with Crippen LogP contribution in [-0.4, -0.2) is 239 Å². The minimum atomic E-state index is -1.82. The van der Waals surface area contributed by atoms with Crippen molar-refractivity contribution in [1.29, 1.82) is 0 Å². The van der Waals surface area contributed by atoms with Gasteiger partial charge in [0.2, 0.25) is 65.0 Å². The number of fused-ring (bicyclic) bond motifs is 1. The third kappa shape index (κ3) is 29.1. The van der Waals surface area contributed by atoms with Gasteiger partial charge in [-0.2, -0.15) is 9.78 Å². The van der Waals surface area contributed by atoms with Gasteiger partial charge in [0.05, 0.1) is 40.4 Å². The SMILES string of the molecule is CNC(=O)c1ccccc1Sc1ccc2c(/C=C/c3ccccn3)nn(C(=O)OC[C@@H](C)SSCC(=O)N[C@@H](CCN)C(=O)N[C@@H](C(=O)N[C@@H](CCN)C(=O)N[C@@H]3CCNC(=O)[C@H]([C@H](C)O)NC(=O)[C@H](CCN)NC(=O)[C@H](CCN)NC(=O)[C@H](CC(C)C)NC(=O)[C@H](Cc4ccccc4)NC(=O)[C@H](CCN)NC3=O)C(C)O)c2c1. The predicted molar refractivity (Wildman–Crippen MR) is 431 cm³/mol. The zero-order valence-electron chi connectivity index (χ0n) is 64.4. The van der Waals surface area contributed by atoms with Crippen molar-refractivity contribution < 1.29 is 77.3 Å². The largest absolute Gasteiger partial charge is 0.447 e. The molecule has 1 aliphatic heterocycles. The topological polar surface area (TPSA) is 577 Å². The summed E-state index contributed by atoms with van der Waals surface area (Å²) < 4.78 is 6.91. The number of pyridine rings is 1. The Kier molecular flexibility index (Phi) is 38.7. The number of aromatic nitrogens is 3. The predicted octanol–water partition coefficient (Wildman–Crippen LogP) is -1.97. The van der Waals surface area contributed by atoms with Crippen LogP contribution in [-0.2, 0) is 63.9 Å². The molecule has 3 heterocycles. The molecule has 6 rings (SSSR count). The second kappa shape index (κ2) is 47.6. The Morgan fingerprint density at radius 1 is 0.632 bits per heavy atom. The van der Waals surface area contributed by atoms with Crippen LogP contribution in [0.15, 0.2) is 107 Å². The van der Waals surface area contributed by atoms with Crippen molar-refractivity contribution in [2.45, 2.75) is 174 Å². The number of hydrogen-bond acceptors (Lipinski definition) is 26. The van der Waals surface area contributed by atoms with Crippen LogP contribution in [0.4, 0.5) is 4.79 Å². The standard InChI is InChI=1S/C75H106N20O16S3/c1-41(2)36-57-71(106)87-52(24-30-77)65(100)86-55(27-33-80)70(105)92-62(43(4)96)73(108)83-35-28-56(68(103)85-53(25-31-78)67(102)91-58(72(107)90-57)37-45-14-8-7-9-15-45)88-66(101)54(26-32-79)89-74(109)63(44(5)97)93-69(104)51(23-29-76)84-61(98)40-112-114-42(3)39-111-75(110)95-59-38-47(113-60-18-11-10-17-49(60)64(99)81-6)20-21-48(59)50(94-95)22-19-46-16-12-13-34-82-46/h7-22,34,38,41-44,51-58,62-63,96-97H,23-33,35-37,39-40,76-80H2,1-6H3,(H,81,99)(H,83,108)(H,84,98)(H,85,103)(H,86,100)(H,87,106)(H,88,101)(H,89,109)(H,90,107)(H,91,102)(H,92,105)(H,93,104)/b22-19+/t42-,43+,44?,51+,52+,53+,54+,55+,56-,57+,58+,62+,63-/m1/s1. The molecule has 13 atom stereocenters. The maximum Gasteiger partial charge on any atom is 0.435 e. The number of nitrogens with one attached hydrogen (secondary N) is 12. The van der Waals surface area contributed by atoms with E-state index in [1.807, 2.05) is 36.4 Å². The fraction of sp³-hybridized carbons (Fsp3) is 0.480. The van der Waals surface area contributed by atoms with Gasteiger partial charge < -0.3 is 107 Å². The van der Waals surface area contributed by atoms with Crippen molar-refractivity contribution >= 4 is 133 Å². The number of carbonyl (C=O) groups excluding carboxylic acids is 13. The Labute approximate surface area is 672 Å². The van der Waals surface area contributed by atoms with E-state index in [1.165, 1.54) is 36.4 Å². The summed E-state index contributed by atoms with van der Waals surface area (Å²) in [6.45, 7) is 6.06. The van der Waals surface area contributed by atoms with Crippen LogP contribution in [0.3, 0.4) is 0 Å². The number of rotatable bonds is 34. The Hall–Kier alpha value is -10.1. The number of hydrogen-bond donors (Lipinski definition) is 19. The number of amides is 12. The van der Waals surface area contributed by atoms with Crippen molar-refractivity contribution in [1.82, 2.24) is 78.6 Å². The number of aliphatic hydroxyl groups excluding tert-OH is 2. The van der Waals surface area contributed by atoms with Gasteiger partial charge in [0.15, 0.2) is 0 Å². The summed E-state index contributed by atoms with van der Waals surface area (Å²) in [5, 5.41) is 57.4. The monoisotopic (exact) mass is 1640 g/mol. The van der Waals surface area contributed by atoms with Crippen molar-refractivity contribution in [2.24, 2.45) is 34.6 Å². The van der Waals surface area contributed by atoms with Crippen molar-refractivity contribution in [2.75, 3.05) is 58.7 Å². The Morgan fingerprint density at radius 3 is 1.81 bits per heavy atom. The van der Waals surface area contributed by atoms with E-state index in [0.717, 1.165) is 15.5 Å². The molecule has 0 spiro atoms. The van der Waals surface area contributed by atoms with E-state index in [4.69, 9.17) is 33.4 Å². The van der Waals surface area contributed by atoms with Crippen molar-refractivity contribution in [3.8, 4) is 0 Å². The summed E-state index contributed by atoms with van der Waals surface area (Å²) in [7, 11) is 3.82. The van der Waals surface area contributed by atoms with E-state index in [2.05, 4.69) is 73.9 Å². The fourth-order valence-corrected chi connectivity index (χ4v) is 14.7. The summed E-state index contributed by atoms with van der Waals surface area (Å²) in [6, 6.07) is 11.0. The molecule has 1 unspecified atom stereocenters. The number of nitrogens with zero attached hydrogens (tertiary/aromatic N) is 3. The Bertz CT molecular complexity index is 4130.